The van der Waals surface area contributed by atoms with E-state index in [1.165, 1.54) is 0 Å². The van der Waals surface area contributed by atoms with Crippen LogP contribution in [0.15, 0.2) is 48.5 Å². The fraction of sp³-hybridized carbons (Fsp3) is 0.176. The average molecular weight is 323 g/mol. The van der Waals surface area contributed by atoms with Crippen molar-refractivity contribution in [1.82, 2.24) is 20.3 Å². The molecule has 122 valence electrons. The van der Waals surface area contributed by atoms with Crippen molar-refractivity contribution in [2.24, 2.45) is 5.73 Å². The van der Waals surface area contributed by atoms with E-state index in [2.05, 4.69) is 15.6 Å². The van der Waals surface area contributed by atoms with E-state index in [0.717, 1.165) is 5.52 Å². The van der Waals surface area contributed by atoms with Crippen LogP contribution in [-0.2, 0) is 11.3 Å². The number of amides is 2. The number of aromatic nitrogens is 3. The van der Waals surface area contributed by atoms with Crippen LogP contribution in [0.4, 0.5) is 0 Å². The molecule has 0 aliphatic carbocycles. The maximum absolute atomic E-state index is 12.5. The molecule has 2 amide bonds. The highest BCUT2D eigenvalue weighted by Gasteiger charge is 2.21. The Kier molecular flexibility index (Phi) is 4.24. The Balaban J connectivity index is 1.86. The second kappa shape index (κ2) is 6.49. The summed E-state index contributed by atoms with van der Waals surface area (Å²) in [6.45, 7) is 2.66. The molecule has 1 unspecified atom stereocenters. The first-order valence-electron chi connectivity index (χ1n) is 7.58. The van der Waals surface area contributed by atoms with Crippen LogP contribution in [0.2, 0.25) is 0 Å². The maximum Gasteiger partial charge on any atom is 0.252 e. The summed E-state index contributed by atoms with van der Waals surface area (Å²) >= 11 is 0. The number of nitrogens with one attached hydrogen (secondary N) is 1. The Labute approximate surface area is 138 Å². The van der Waals surface area contributed by atoms with E-state index in [1.807, 2.05) is 13.0 Å². The minimum absolute atomic E-state index is 0.393. The van der Waals surface area contributed by atoms with Gasteiger partial charge in [-0.05, 0) is 30.7 Å². The van der Waals surface area contributed by atoms with Crippen molar-refractivity contribution in [3.05, 3.63) is 59.7 Å². The number of primary amides is 1. The number of rotatable bonds is 5. The highest BCUT2D eigenvalue weighted by Crippen LogP contribution is 2.16. The van der Waals surface area contributed by atoms with Gasteiger partial charge in [-0.25, -0.2) is 4.68 Å². The van der Waals surface area contributed by atoms with E-state index in [0.29, 0.717) is 23.2 Å². The summed E-state index contributed by atoms with van der Waals surface area (Å²) in [5.41, 5.74) is 7.93. The topological polar surface area (TPSA) is 103 Å². The van der Waals surface area contributed by atoms with E-state index >= 15 is 0 Å². The molecule has 1 atom stereocenters. The standard InChI is InChI=1S/C17H17N5O2/c1-2-22-14-9-8-12(10-13(14)20-21-22)17(24)19-15(16(18)23)11-6-4-3-5-7-11/h3-10,15H,2H2,1H3,(H2,18,23)(H,19,24). The van der Waals surface area contributed by atoms with Gasteiger partial charge in [0, 0.05) is 12.1 Å². The van der Waals surface area contributed by atoms with E-state index in [9.17, 15) is 9.59 Å². The van der Waals surface area contributed by atoms with E-state index < -0.39 is 17.9 Å². The van der Waals surface area contributed by atoms with Gasteiger partial charge in [-0.3, -0.25) is 9.59 Å². The Morgan fingerprint density at radius 2 is 1.96 bits per heavy atom. The Morgan fingerprint density at radius 3 is 2.62 bits per heavy atom. The number of nitrogens with two attached hydrogens (primary N) is 1. The highest BCUT2D eigenvalue weighted by molar-refractivity contribution is 5.99. The molecule has 1 aromatic heterocycles. The first-order chi connectivity index (χ1) is 11.6. The predicted octanol–water partition coefficient (Wildman–Crippen LogP) is 1.41. The molecule has 24 heavy (non-hydrogen) atoms. The predicted molar refractivity (Wildman–Crippen MR) is 89.0 cm³/mol. The fourth-order valence-corrected chi connectivity index (χ4v) is 2.53. The number of nitrogens with zero attached hydrogens (tertiary/aromatic N) is 3. The lowest BCUT2D eigenvalue weighted by atomic mass is 10.1. The van der Waals surface area contributed by atoms with Crippen molar-refractivity contribution in [3.63, 3.8) is 0 Å². The van der Waals surface area contributed by atoms with Crippen molar-refractivity contribution >= 4 is 22.8 Å². The zero-order valence-corrected chi connectivity index (χ0v) is 13.1. The van der Waals surface area contributed by atoms with Gasteiger partial charge in [-0.15, -0.1) is 5.10 Å². The molecule has 3 aromatic rings. The molecule has 0 aliphatic rings. The van der Waals surface area contributed by atoms with Crippen molar-refractivity contribution < 1.29 is 9.59 Å². The van der Waals surface area contributed by atoms with E-state index in [-0.39, 0.29) is 0 Å². The van der Waals surface area contributed by atoms with Crippen LogP contribution in [-0.4, -0.2) is 26.8 Å². The van der Waals surface area contributed by atoms with Crippen molar-refractivity contribution in [2.75, 3.05) is 0 Å². The Morgan fingerprint density at radius 1 is 1.21 bits per heavy atom. The molecule has 0 saturated heterocycles. The number of fused-ring (bicyclic) bond motifs is 1. The molecule has 3 N–H and O–H groups in total. The van der Waals surface area contributed by atoms with Crippen LogP contribution in [0, 0.1) is 0 Å². The molecule has 0 spiro atoms. The number of hydrogen-bond donors (Lipinski definition) is 2. The van der Waals surface area contributed by atoms with Gasteiger partial charge >= 0.3 is 0 Å². The van der Waals surface area contributed by atoms with E-state index in [4.69, 9.17) is 5.73 Å². The lowest BCUT2D eigenvalue weighted by molar-refractivity contribution is -0.120. The average Bonchev–Trinajstić information content (AvgIpc) is 3.02. The quantitative estimate of drug-likeness (QED) is 0.741. The zero-order chi connectivity index (χ0) is 17.1. The summed E-state index contributed by atoms with van der Waals surface area (Å²) in [4.78, 5) is 24.2. The van der Waals surface area contributed by atoms with Gasteiger partial charge < -0.3 is 11.1 Å². The molecule has 0 radical (unpaired) electrons. The zero-order valence-electron chi connectivity index (χ0n) is 13.1. The van der Waals surface area contributed by atoms with Crippen LogP contribution >= 0.6 is 0 Å². The monoisotopic (exact) mass is 323 g/mol. The summed E-state index contributed by atoms with van der Waals surface area (Å²) in [5.74, 6) is -1.01. The van der Waals surface area contributed by atoms with Crippen molar-refractivity contribution in [1.29, 1.82) is 0 Å². The lowest BCUT2D eigenvalue weighted by Crippen LogP contribution is -2.37. The third kappa shape index (κ3) is 2.96. The third-order valence-electron chi connectivity index (χ3n) is 3.77. The van der Waals surface area contributed by atoms with Crippen LogP contribution in [0.3, 0.4) is 0 Å². The van der Waals surface area contributed by atoms with E-state index in [1.54, 1.807) is 47.1 Å². The minimum Gasteiger partial charge on any atom is -0.368 e. The molecule has 3 rings (SSSR count). The Bertz CT molecular complexity index is 888. The van der Waals surface area contributed by atoms with Gasteiger partial charge in [-0.1, -0.05) is 35.5 Å². The minimum atomic E-state index is -0.888. The number of benzene rings is 2. The summed E-state index contributed by atoms with van der Waals surface area (Å²) in [6.07, 6.45) is 0. The lowest BCUT2D eigenvalue weighted by Gasteiger charge is -2.15. The van der Waals surface area contributed by atoms with Crippen molar-refractivity contribution in [2.45, 2.75) is 19.5 Å². The van der Waals surface area contributed by atoms with Gasteiger partial charge in [0.25, 0.3) is 5.91 Å². The molecule has 1 heterocycles. The third-order valence-corrected chi connectivity index (χ3v) is 3.77. The van der Waals surface area contributed by atoms with Crippen molar-refractivity contribution in [3.8, 4) is 0 Å². The number of hydrogen-bond acceptors (Lipinski definition) is 4. The largest absolute Gasteiger partial charge is 0.368 e. The number of aryl methyl sites for hydroxylation is 1. The SMILES string of the molecule is CCn1nnc2cc(C(=O)NC(C(N)=O)c3ccccc3)ccc21. The number of carbonyl (C=O) groups is 2. The molecule has 2 aromatic carbocycles. The molecule has 7 nitrogen and oxygen atoms in total. The Hall–Kier alpha value is -3.22. The maximum atomic E-state index is 12.5. The molecule has 0 saturated carbocycles. The first-order valence-corrected chi connectivity index (χ1v) is 7.58. The second-order valence-corrected chi connectivity index (χ2v) is 5.33. The molecule has 0 bridgehead atoms. The van der Waals surface area contributed by atoms with Gasteiger partial charge in [0.1, 0.15) is 11.6 Å². The molecule has 7 heteroatoms. The summed E-state index contributed by atoms with van der Waals surface area (Å²) in [6, 6.07) is 13.1. The number of carbonyl (C=O) groups excluding carboxylic acids is 2. The van der Waals surface area contributed by atoms with Gasteiger partial charge in [0.2, 0.25) is 5.91 Å². The van der Waals surface area contributed by atoms with Crippen LogP contribution < -0.4 is 11.1 Å². The summed E-state index contributed by atoms with van der Waals surface area (Å²) in [5, 5.41) is 10.7. The first kappa shape index (κ1) is 15.7. The fourth-order valence-electron chi connectivity index (χ4n) is 2.53. The summed E-state index contributed by atoms with van der Waals surface area (Å²) < 4.78 is 1.74. The van der Waals surface area contributed by atoms with Gasteiger partial charge in [0.05, 0.1) is 5.52 Å². The molecular formula is C17H17N5O2. The summed E-state index contributed by atoms with van der Waals surface area (Å²) in [7, 11) is 0. The van der Waals surface area contributed by atoms with Crippen LogP contribution in [0.25, 0.3) is 11.0 Å². The smallest absolute Gasteiger partial charge is 0.252 e. The van der Waals surface area contributed by atoms with Crippen LogP contribution in [0.1, 0.15) is 28.9 Å². The van der Waals surface area contributed by atoms with Gasteiger partial charge in [0.15, 0.2) is 0 Å². The normalized spacial score (nSPS) is 12.0. The van der Waals surface area contributed by atoms with Crippen LogP contribution in [0.5, 0.6) is 0 Å². The molecular weight excluding hydrogens is 306 g/mol. The van der Waals surface area contributed by atoms with Gasteiger partial charge in [-0.2, -0.15) is 0 Å². The molecule has 0 aliphatic heterocycles. The molecule has 0 fully saturated rings. The highest BCUT2D eigenvalue weighted by atomic mass is 16.2. The second-order valence-electron chi connectivity index (χ2n) is 5.33.